The van der Waals surface area contributed by atoms with Gasteiger partial charge in [0.1, 0.15) is 17.7 Å². The van der Waals surface area contributed by atoms with E-state index in [1.165, 1.54) is 6.92 Å². The molecule has 3 nitrogen and oxygen atoms in total. The fourth-order valence-corrected chi connectivity index (χ4v) is 2.07. The maximum absolute atomic E-state index is 13.5. The molecule has 0 aromatic heterocycles. The number of hydrogen-bond acceptors (Lipinski definition) is 3. The van der Waals surface area contributed by atoms with Crippen LogP contribution in [0.2, 0.25) is 0 Å². The molecule has 0 amide bonds. The number of rotatable bonds is 5. The Morgan fingerprint density at radius 2 is 2.00 bits per heavy atom. The Hall–Kier alpha value is -2.74. The number of Topliss-reactive ketones (excluding diaryl/α,β-unsaturated/α-hetero) is 1. The van der Waals surface area contributed by atoms with Crippen molar-refractivity contribution < 1.29 is 13.6 Å². The molecule has 1 N–H and O–H groups in total. The van der Waals surface area contributed by atoms with Crippen molar-refractivity contribution in [3.8, 4) is 6.07 Å². The van der Waals surface area contributed by atoms with Gasteiger partial charge in [-0.15, -0.1) is 0 Å². The van der Waals surface area contributed by atoms with Gasteiger partial charge in [-0.2, -0.15) is 5.26 Å². The van der Waals surface area contributed by atoms with E-state index in [1.807, 2.05) is 6.07 Å². The van der Waals surface area contributed by atoms with Gasteiger partial charge in [-0.3, -0.25) is 4.79 Å². The van der Waals surface area contributed by atoms with Crippen LogP contribution in [0.1, 0.15) is 28.4 Å². The Kier molecular flexibility index (Phi) is 4.84. The summed E-state index contributed by atoms with van der Waals surface area (Å²) < 4.78 is 26.6. The highest BCUT2D eigenvalue weighted by Gasteiger charge is 2.08. The molecule has 0 spiro atoms. The zero-order chi connectivity index (χ0) is 16.1. The van der Waals surface area contributed by atoms with Crippen LogP contribution in [0, 0.1) is 23.0 Å². The van der Waals surface area contributed by atoms with E-state index in [-0.39, 0.29) is 17.8 Å². The number of nitrogens with zero attached hydrogens (tertiary/aromatic N) is 1. The van der Waals surface area contributed by atoms with Gasteiger partial charge in [0.15, 0.2) is 5.78 Å². The summed E-state index contributed by atoms with van der Waals surface area (Å²) in [7, 11) is 0. The van der Waals surface area contributed by atoms with E-state index in [4.69, 9.17) is 5.26 Å². The Morgan fingerprint density at radius 1 is 1.23 bits per heavy atom. The number of carbonyl (C=O) groups is 1. The quantitative estimate of drug-likeness (QED) is 0.857. The molecule has 2 rings (SSSR count). The first-order valence-corrected chi connectivity index (χ1v) is 6.74. The van der Waals surface area contributed by atoms with E-state index in [2.05, 4.69) is 5.32 Å². The largest absolute Gasteiger partial charge is 0.384 e. The van der Waals surface area contributed by atoms with Crippen LogP contribution in [0.5, 0.6) is 0 Å². The predicted octanol–water partition coefficient (Wildman–Crippen LogP) is 3.69. The van der Waals surface area contributed by atoms with Crippen LogP contribution in [-0.2, 0) is 6.42 Å². The normalized spacial score (nSPS) is 10.1. The summed E-state index contributed by atoms with van der Waals surface area (Å²) in [6.07, 6.45) is 0.263. The van der Waals surface area contributed by atoms with Crippen molar-refractivity contribution in [2.24, 2.45) is 0 Å². The van der Waals surface area contributed by atoms with Crippen LogP contribution in [0.3, 0.4) is 0 Å². The number of nitrogens with one attached hydrogen (secondary N) is 1. The number of nitriles is 1. The summed E-state index contributed by atoms with van der Waals surface area (Å²) in [5.41, 5.74) is 1.64. The summed E-state index contributed by atoms with van der Waals surface area (Å²) in [5, 5.41) is 12.1. The molecule has 0 aliphatic heterocycles. The van der Waals surface area contributed by atoms with Gasteiger partial charge in [-0.1, -0.05) is 0 Å². The van der Waals surface area contributed by atoms with Crippen molar-refractivity contribution in [3.63, 3.8) is 0 Å². The second-order valence-electron chi connectivity index (χ2n) is 4.84. The molecule has 112 valence electrons. The summed E-state index contributed by atoms with van der Waals surface area (Å²) in [5.74, 6) is -1.07. The highest BCUT2D eigenvalue weighted by Crippen LogP contribution is 2.18. The number of carbonyl (C=O) groups excluding carboxylic acids is 1. The molecule has 0 atom stereocenters. The van der Waals surface area contributed by atoms with Gasteiger partial charge in [0.25, 0.3) is 0 Å². The molecule has 0 aliphatic rings. The molecular formula is C17H14F2N2O. The van der Waals surface area contributed by atoms with Gasteiger partial charge in [0.2, 0.25) is 0 Å². The van der Waals surface area contributed by atoms with Gasteiger partial charge in [0.05, 0.1) is 11.3 Å². The Bertz CT molecular complexity index is 751. The molecule has 0 radical (unpaired) electrons. The van der Waals surface area contributed by atoms with E-state index in [9.17, 15) is 13.6 Å². The first-order chi connectivity index (χ1) is 10.5. The van der Waals surface area contributed by atoms with Gasteiger partial charge in [-0.05, 0) is 55.3 Å². The molecule has 5 heteroatoms. The number of benzene rings is 2. The lowest BCUT2D eigenvalue weighted by atomic mass is 10.1. The van der Waals surface area contributed by atoms with Gasteiger partial charge in [0, 0.05) is 12.1 Å². The van der Waals surface area contributed by atoms with Crippen molar-refractivity contribution in [1.82, 2.24) is 0 Å². The third-order valence-electron chi connectivity index (χ3n) is 3.26. The van der Waals surface area contributed by atoms with Crippen LogP contribution < -0.4 is 5.32 Å². The van der Waals surface area contributed by atoms with E-state index in [0.29, 0.717) is 23.4 Å². The van der Waals surface area contributed by atoms with Crippen LogP contribution in [0.15, 0.2) is 36.4 Å². The first-order valence-electron chi connectivity index (χ1n) is 6.74. The van der Waals surface area contributed by atoms with Crippen molar-refractivity contribution >= 4 is 11.5 Å². The Morgan fingerprint density at radius 3 is 2.68 bits per heavy atom. The lowest BCUT2D eigenvalue weighted by Crippen LogP contribution is -2.08. The lowest BCUT2D eigenvalue weighted by molar-refractivity contribution is 0.101. The topological polar surface area (TPSA) is 52.9 Å². The highest BCUT2D eigenvalue weighted by atomic mass is 19.1. The Labute approximate surface area is 127 Å². The van der Waals surface area contributed by atoms with Gasteiger partial charge in [-0.25, -0.2) is 8.78 Å². The van der Waals surface area contributed by atoms with E-state index in [0.717, 1.165) is 18.2 Å². The number of anilines is 1. The van der Waals surface area contributed by atoms with Crippen molar-refractivity contribution in [3.05, 3.63) is 64.7 Å². The van der Waals surface area contributed by atoms with Crippen LogP contribution >= 0.6 is 0 Å². The molecule has 0 fully saturated rings. The van der Waals surface area contributed by atoms with Crippen molar-refractivity contribution in [1.29, 1.82) is 5.26 Å². The molecule has 2 aromatic carbocycles. The minimum Gasteiger partial charge on any atom is -0.384 e. The zero-order valence-corrected chi connectivity index (χ0v) is 12.0. The van der Waals surface area contributed by atoms with E-state index < -0.39 is 11.6 Å². The predicted molar refractivity (Wildman–Crippen MR) is 79.7 cm³/mol. The molecule has 0 heterocycles. The monoisotopic (exact) mass is 300 g/mol. The molecule has 0 saturated carbocycles. The smallest absolute Gasteiger partial charge is 0.159 e. The van der Waals surface area contributed by atoms with Crippen LogP contribution in [-0.4, -0.2) is 12.3 Å². The molecule has 22 heavy (non-hydrogen) atoms. The van der Waals surface area contributed by atoms with E-state index >= 15 is 0 Å². The average Bonchev–Trinajstić information content (AvgIpc) is 2.50. The molecule has 2 aromatic rings. The summed E-state index contributed by atoms with van der Waals surface area (Å²) in [6, 6.07) is 10.0. The molecule has 0 bridgehead atoms. The molecule has 0 unspecified atom stereocenters. The molecular weight excluding hydrogens is 286 g/mol. The first kappa shape index (κ1) is 15.6. The fourth-order valence-electron chi connectivity index (χ4n) is 2.07. The van der Waals surface area contributed by atoms with Gasteiger partial charge >= 0.3 is 0 Å². The molecule has 0 aliphatic carbocycles. The zero-order valence-electron chi connectivity index (χ0n) is 12.0. The number of ketones is 1. The summed E-state index contributed by atoms with van der Waals surface area (Å²) >= 11 is 0. The maximum atomic E-state index is 13.5. The summed E-state index contributed by atoms with van der Waals surface area (Å²) in [6.45, 7) is 1.75. The SMILES string of the molecule is CC(=O)c1ccc(C#N)c(NCCc2cc(F)ccc2F)c1. The number of halogens is 2. The average molecular weight is 300 g/mol. The Balaban J connectivity index is 2.11. The van der Waals surface area contributed by atoms with E-state index in [1.54, 1.807) is 18.2 Å². The summed E-state index contributed by atoms with van der Waals surface area (Å²) in [4.78, 5) is 11.4. The second-order valence-corrected chi connectivity index (χ2v) is 4.84. The third-order valence-corrected chi connectivity index (χ3v) is 3.26. The van der Waals surface area contributed by atoms with Crippen molar-refractivity contribution in [2.45, 2.75) is 13.3 Å². The third kappa shape index (κ3) is 3.67. The van der Waals surface area contributed by atoms with Crippen molar-refractivity contribution in [2.75, 3.05) is 11.9 Å². The second kappa shape index (κ2) is 6.81. The van der Waals surface area contributed by atoms with Crippen LogP contribution in [0.25, 0.3) is 0 Å². The lowest BCUT2D eigenvalue weighted by Gasteiger charge is -2.10. The minimum atomic E-state index is -0.493. The highest BCUT2D eigenvalue weighted by molar-refractivity contribution is 5.95. The van der Waals surface area contributed by atoms with Gasteiger partial charge < -0.3 is 5.32 Å². The maximum Gasteiger partial charge on any atom is 0.159 e. The fraction of sp³-hybridized carbons (Fsp3) is 0.176. The minimum absolute atomic E-state index is 0.108. The van der Waals surface area contributed by atoms with Crippen LogP contribution in [0.4, 0.5) is 14.5 Å². The number of hydrogen-bond donors (Lipinski definition) is 1. The standard InChI is InChI=1S/C17H14F2N2O/c1-11(22)12-2-3-14(10-20)17(9-12)21-7-6-13-8-15(18)4-5-16(13)19/h2-5,8-9,21H,6-7H2,1H3. The molecule has 0 saturated heterocycles.